The van der Waals surface area contributed by atoms with Crippen LogP contribution in [0.4, 0.5) is 0 Å². The van der Waals surface area contributed by atoms with Gasteiger partial charge in [0.2, 0.25) is 0 Å². The van der Waals surface area contributed by atoms with Crippen LogP contribution in [0.1, 0.15) is 24.9 Å². The van der Waals surface area contributed by atoms with E-state index in [9.17, 15) is 4.79 Å². The van der Waals surface area contributed by atoms with E-state index in [0.29, 0.717) is 17.9 Å². The van der Waals surface area contributed by atoms with E-state index in [1.54, 1.807) is 21.1 Å². The molecule has 19 heavy (non-hydrogen) atoms. The molecular formula is C14H21NO4. The minimum Gasteiger partial charge on any atom is -0.496 e. The van der Waals surface area contributed by atoms with Gasteiger partial charge in [-0.1, -0.05) is 13.0 Å². The molecule has 1 aromatic carbocycles. The highest BCUT2D eigenvalue weighted by molar-refractivity contribution is 5.71. The first kappa shape index (κ1) is 15.3. The van der Waals surface area contributed by atoms with Crippen LogP contribution in [0.15, 0.2) is 18.2 Å². The van der Waals surface area contributed by atoms with Crippen LogP contribution in [0, 0.1) is 5.92 Å². The number of carbonyl (C=O) groups excluding carboxylic acids is 1. The summed E-state index contributed by atoms with van der Waals surface area (Å²) in [5.41, 5.74) is 6.94. The Morgan fingerprint density at radius 3 is 2.16 bits per heavy atom. The molecule has 0 unspecified atom stereocenters. The number of nitrogens with two attached hydrogens (primary N) is 1. The Morgan fingerprint density at radius 1 is 1.21 bits per heavy atom. The van der Waals surface area contributed by atoms with Crippen molar-refractivity contribution >= 4 is 5.97 Å². The third kappa shape index (κ3) is 3.61. The second kappa shape index (κ2) is 6.99. The predicted molar refractivity (Wildman–Crippen MR) is 72.3 cm³/mol. The van der Waals surface area contributed by atoms with Gasteiger partial charge in [0.25, 0.3) is 0 Å². The van der Waals surface area contributed by atoms with Crippen LogP contribution in [0.5, 0.6) is 11.5 Å². The zero-order valence-electron chi connectivity index (χ0n) is 11.8. The number of hydrogen-bond acceptors (Lipinski definition) is 5. The van der Waals surface area contributed by atoms with Crippen molar-refractivity contribution in [1.82, 2.24) is 0 Å². The van der Waals surface area contributed by atoms with Gasteiger partial charge >= 0.3 is 5.97 Å². The molecule has 0 aliphatic carbocycles. The van der Waals surface area contributed by atoms with Crippen molar-refractivity contribution in [2.75, 3.05) is 21.3 Å². The number of hydrogen-bond donors (Lipinski definition) is 1. The normalized spacial score (nSPS) is 13.5. The monoisotopic (exact) mass is 267 g/mol. The Balaban J connectivity index is 2.98. The average molecular weight is 267 g/mol. The van der Waals surface area contributed by atoms with Gasteiger partial charge in [0, 0.05) is 6.04 Å². The maximum Gasteiger partial charge on any atom is 0.308 e. The molecule has 5 heteroatoms. The molecule has 0 heterocycles. The largest absolute Gasteiger partial charge is 0.496 e. The van der Waals surface area contributed by atoms with Crippen LogP contribution >= 0.6 is 0 Å². The van der Waals surface area contributed by atoms with E-state index in [-0.39, 0.29) is 17.9 Å². The molecule has 106 valence electrons. The molecule has 1 rings (SSSR count). The summed E-state index contributed by atoms with van der Waals surface area (Å²) < 4.78 is 15.3. The van der Waals surface area contributed by atoms with Gasteiger partial charge in [0.05, 0.1) is 32.8 Å². The number of esters is 1. The van der Waals surface area contributed by atoms with Crippen molar-refractivity contribution in [2.45, 2.75) is 19.4 Å². The first-order chi connectivity index (χ1) is 9.04. The maximum absolute atomic E-state index is 11.4. The van der Waals surface area contributed by atoms with Crippen molar-refractivity contribution < 1.29 is 19.0 Å². The van der Waals surface area contributed by atoms with Gasteiger partial charge in [-0.3, -0.25) is 4.79 Å². The second-order valence-electron chi connectivity index (χ2n) is 4.34. The van der Waals surface area contributed by atoms with Crippen LogP contribution < -0.4 is 15.2 Å². The minimum absolute atomic E-state index is 0.274. The molecule has 2 atom stereocenters. The third-order valence-corrected chi connectivity index (χ3v) is 3.05. The Morgan fingerprint density at radius 2 is 1.74 bits per heavy atom. The van der Waals surface area contributed by atoms with Crippen LogP contribution in [0.2, 0.25) is 0 Å². The quantitative estimate of drug-likeness (QED) is 0.797. The van der Waals surface area contributed by atoms with Crippen LogP contribution in [-0.4, -0.2) is 27.3 Å². The molecule has 1 aromatic rings. The van der Waals surface area contributed by atoms with E-state index in [1.165, 1.54) is 7.11 Å². The lowest BCUT2D eigenvalue weighted by atomic mass is 9.95. The summed E-state index contributed by atoms with van der Waals surface area (Å²) in [6.07, 6.45) is 0.462. The lowest BCUT2D eigenvalue weighted by Gasteiger charge is -2.20. The molecule has 0 aromatic heterocycles. The zero-order chi connectivity index (χ0) is 14.4. The topological polar surface area (TPSA) is 70.8 Å². The first-order valence-electron chi connectivity index (χ1n) is 6.09. The molecule has 0 saturated carbocycles. The second-order valence-corrected chi connectivity index (χ2v) is 4.34. The predicted octanol–water partition coefficient (Wildman–Crippen LogP) is 1.90. The fourth-order valence-corrected chi connectivity index (χ4v) is 2.04. The van der Waals surface area contributed by atoms with E-state index in [1.807, 2.05) is 18.2 Å². The van der Waals surface area contributed by atoms with E-state index in [2.05, 4.69) is 0 Å². The fraction of sp³-hybridized carbons (Fsp3) is 0.500. The van der Waals surface area contributed by atoms with E-state index in [0.717, 1.165) is 5.56 Å². The fourth-order valence-electron chi connectivity index (χ4n) is 2.04. The highest BCUT2D eigenvalue weighted by atomic mass is 16.5. The molecule has 0 spiro atoms. The Labute approximate surface area is 113 Å². The molecule has 0 aliphatic rings. The molecular weight excluding hydrogens is 246 g/mol. The molecule has 0 saturated heterocycles. The van der Waals surface area contributed by atoms with Gasteiger partial charge < -0.3 is 19.9 Å². The van der Waals surface area contributed by atoms with Gasteiger partial charge in [-0.05, 0) is 18.6 Å². The summed E-state index contributed by atoms with van der Waals surface area (Å²) in [7, 11) is 4.53. The van der Waals surface area contributed by atoms with Crippen molar-refractivity contribution in [3.63, 3.8) is 0 Å². The molecule has 2 N–H and O–H groups in total. The van der Waals surface area contributed by atoms with Gasteiger partial charge in [0.15, 0.2) is 0 Å². The summed E-state index contributed by atoms with van der Waals surface area (Å²) in [4.78, 5) is 11.4. The first-order valence-corrected chi connectivity index (χ1v) is 6.09. The highest BCUT2D eigenvalue weighted by Gasteiger charge is 2.23. The zero-order valence-corrected chi connectivity index (χ0v) is 11.8. The van der Waals surface area contributed by atoms with Crippen LogP contribution in [0.3, 0.4) is 0 Å². The average Bonchev–Trinajstić information content (AvgIpc) is 2.44. The van der Waals surface area contributed by atoms with Gasteiger partial charge in [-0.15, -0.1) is 0 Å². The number of methoxy groups -OCH3 is 3. The molecule has 0 bridgehead atoms. The summed E-state index contributed by atoms with van der Waals surface area (Å²) in [6.45, 7) is 1.79. The SMILES string of the molecule is COC(=O)[C@H](C)C[C@H](N)c1c(OC)cccc1OC. The molecule has 0 amide bonds. The van der Waals surface area contributed by atoms with Crippen LogP contribution in [0.25, 0.3) is 0 Å². The summed E-state index contributed by atoms with van der Waals surface area (Å²) in [6, 6.07) is 5.11. The van der Waals surface area contributed by atoms with Crippen molar-refractivity contribution in [1.29, 1.82) is 0 Å². The lowest BCUT2D eigenvalue weighted by Crippen LogP contribution is -2.21. The maximum atomic E-state index is 11.4. The lowest BCUT2D eigenvalue weighted by molar-refractivity contribution is -0.145. The van der Waals surface area contributed by atoms with E-state index < -0.39 is 0 Å². The summed E-state index contributed by atoms with van der Waals surface area (Å²) >= 11 is 0. The van der Waals surface area contributed by atoms with Gasteiger partial charge in [-0.25, -0.2) is 0 Å². The number of rotatable bonds is 6. The van der Waals surface area contributed by atoms with Crippen molar-refractivity contribution in [2.24, 2.45) is 11.7 Å². The van der Waals surface area contributed by atoms with Gasteiger partial charge in [0.1, 0.15) is 11.5 Å². The van der Waals surface area contributed by atoms with E-state index >= 15 is 0 Å². The number of carbonyl (C=O) groups is 1. The van der Waals surface area contributed by atoms with Crippen molar-refractivity contribution in [3.05, 3.63) is 23.8 Å². The molecule has 0 fully saturated rings. The highest BCUT2D eigenvalue weighted by Crippen LogP contribution is 2.35. The Hall–Kier alpha value is -1.75. The molecule has 0 aliphatic heterocycles. The van der Waals surface area contributed by atoms with E-state index in [4.69, 9.17) is 19.9 Å². The smallest absolute Gasteiger partial charge is 0.308 e. The Bertz CT molecular complexity index is 411. The molecule has 5 nitrogen and oxygen atoms in total. The molecule has 0 radical (unpaired) electrons. The summed E-state index contributed by atoms with van der Waals surface area (Å²) in [5.74, 6) is 0.756. The standard InChI is InChI=1S/C14H21NO4/c1-9(14(16)19-4)8-10(15)13-11(17-2)6-5-7-12(13)18-3/h5-7,9-10H,8,15H2,1-4H3/t9-,10+/m1/s1. The number of ether oxygens (including phenoxy) is 3. The van der Waals surface area contributed by atoms with Crippen LogP contribution in [-0.2, 0) is 9.53 Å². The van der Waals surface area contributed by atoms with Crippen molar-refractivity contribution in [3.8, 4) is 11.5 Å². The Kier molecular flexibility index (Phi) is 5.63. The minimum atomic E-state index is -0.361. The number of benzene rings is 1. The third-order valence-electron chi connectivity index (χ3n) is 3.05. The van der Waals surface area contributed by atoms with Gasteiger partial charge in [-0.2, -0.15) is 0 Å². The summed E-state index contributed by atoms with van der Waals surface area (Å²) in [5, 5.41) is 0.